The van der Waals surface area contributed by atoms with E-state index in [1.807, 2.05) is 52.3 Å². The second-order valence-corrected chi connectivity index (χ2v) is 20.8. The number of urea groups is 1. The van der Waals surface area contributed by atoms with Crippen LogP contribution in [0.3, 0.4) is 0 Å². The molecule has 8 heterocycles. The van der Waals surface area contributed by atoms with Crippen LogP contribution in [0.25, 0.3) is 33.4 Å². The van der Waals surface area contributed by atoms with Crippen molar-refractivity contribution in [3.8, 4) is 22.5 Å². The molecular weight excluding hydrogens is 1060 g/mol. The Balaban J connectivity index is 0.00000231. The van der Waals surface area contributed by atoms with Gasteiger partial charge in [-0.3, -0.25) is 24.5 Å². The second-order valence-electron chi connectivity index (χ2n) is 19.9. The summed E-state index contributed by atoms with van der Waals surface area (Å²) in [6.45, 7) is 12.9. The minimum atomic E-state index is -4.60. The summed E-state index contributed by atoms with van der Waals surface area (Å²) < 4.78 is 64.2. The Labute approximate surface area is 465 Å². The number of methoxy groups -OCH3 is 1. The summed E-state index contributed by atoms with van der Waals surface area (Å²) in [4.78, 5) is 60.8. The van der Waals surface area contributed by atoms with Gasteiger partial charge in [-0.05, 0) is 63.9 Å². The number of morpholine rings is 1. The molecule has 0 spiro atoms. The molecule has 5 aliphatic heterocycles. The van der Waals surface area contributed by atoms with Gasteiger partial charge in [0, 0.05) is 105 Å². The highest BCUT2D eigenvalue weighted by atomic mass is 32.1. The highest BCUT2D eigenvalue weighted by molar-refractivity contribution is 7.60. The number of carbonyl (C=O) groups is 3. The molecule has 5 aliphatic rings. The Morgan fingerprint density at radius 3 is 2.53 bits per heavy atom. The molecule has 0 aliphatic carbocycles. The van der Waals surface area contributed by atoms with Gasteiger partial charge in [-0.15, -0.1) is 11.3 Å². The summed E-state index contributed by atoms with van der Waals surface area (Å²) in [6, 6.07) is 5.22. The molecule has 408 valence electrons. The molecular formula is C48H73F3N10O6S6. The molecule has 4 fully saturated rings. The van der Waals surface area contributed by atoms with Crippen molar-refractivity contribution in [2.75, 3.05) is 91.2 Å². The zero-order valence-electron chi connectivity index (χ0n) is 42.2. The first-order valence-electron chi connectivity index (χ1n) is 23.7. The minimum Gasteiger partial charge on any atom is -0.464 e. The lowest BCUT2D eigenvalue weighted by Gasteiger charge is -2.44. The number of halogens is 3. The molecule has 4 aromatic rings. The molecule has 25 heteroatoms. The Morgan fingerprint density at radius 1 is 1.04 bits per heavy atom. The lowest BCUT2D eigenvalue weighted by atomic mass is 9.84. The van der Waals surface area contributed by atoms with E-state index in [0.717, 1.165) is 25.3 Å². The number of nitrogens with zero attached hydrogens (tertiary/aromatic N) is 8. The van der Waals surface area contributed by atoms with E-state index >= 15 is 13.2 Å². The van der Waals surface area contributed by atoms with Crippen molar-refractivity contribution >= 4 is 113 Å². The van der Waals surface area contributed by atoms with Crippen LogP contribution in [-0.4, -0.2) is 169 Å². The number of fused-ring (bicyclic) bond motifs is 7. The number of esters is 1. The number of hydrogen-bond acceptors (Lipinski definition) is 13. The third kappa shape index (κ3) is 13.9. The first-order valence-corrected chi connectivity index (χ1v) is 24.6. The third-order valence-electron chi connectivity index (χ3n) is 14.1. The number of piperazine rings is 2. The molecule has 1 aromatic carbocycles. The molecule has 4 saturated heterocycles. The van der Waals surface area contributed by atoms with E-state index in [9.17, 15) is 14.4 Å². The van der Waals surface area contributed by atoms with Gasteiger partial charge in [-0.25, -0.2) is 15.2 Å². The molecule has 6 bridgehead atoms. The van der Waals surface area contributed by atoms with Crippen LogP contribution < -0.4 is 15.6 Å². The zero-order chi connectivity index (χ0) is 48.1. The molecule has 0 unspecified atom stereocenters. The molecule has 5 atom stereocenters. The molecule has 3 aromatic heterocycles. The molecule has 2 N–H and O–H groups in total. The highest BCUT2D eigenvalue weighted by Gasteiger charge is 2.39. The van der Waals surface area contributed by atoms with Crippen molar-refractivity contribution in [3.63, 3.8) is 0 Å². The van der Waals surface area contributed by atoms with E-state index < -0.39 is 48.2 Å². The van der Waals surface area contributed by atoms with Crippen molar-refractivity contribution in [2.45, 2.75) is 96.4 Å². The maximum atomic E-state index is 15.0. The maximum absolute atomic E-state index is 15.0. The number of ether oxygens (including phenoxy) is 3. The zero-order valence-corrected chi connectivity index (χ0v) is 48.1. The van der Waals surface area contributed by atoms with Gasteiger partial charge in [0.15, 0.2) is 0 Å². The van der Waals surface area contributed by atoms with E-state index in [0.29, 0.717) is 108 Å². The number of hydrazine groups is 1. The number of aromatic nitrogens is 3. The molecule has 0 saturated carbocycles. The number of hydrogen-bond donors (Lipinski definition) is 2. The van der Waals surface area contributed by atoms with Gasteiger partial charge in [0.05, 0.1) is 65.9 Å². The van der Waals surface area contributed by atoms with E-state index in [-0.39, 0.29) is 105 Å². The molecule has 73 heavy (non-hydrogen) atoms. The molecule has 9 rings (SSSR count). The summed E-state index contributed by atoms with van der Waals surface area (Å²) in [5.74, 6) is -0.946. The summed E-state index contributed by atoms with van der Waals surface area (Å²) >= 11 is 1.34. The molecule has 3 amide bonds. The van der Waals surface area contributed by atoms with Crippen LogP contribution >= 0.6 is 78.8 Å². The normalized spacial score (nSPS) is 23.2. The smallest absolute Gasteiger partial charge is 0.406 e. The number of carbonyl (C=O) groups excluding carboxylic acids is 3. The topological polar surface area (TPSA) is 150 Å². The number of benzene rings is 1. The van der Waals surface area contributed by atoms with Crippen LogP contribution in [0.2, 0.25) is 0 Å². The number of likely N-dealkylation sites (N-methyl/N-ethyl adjacent to an activating group) is 1. The Kier molecular flexibility index (Phi) is 22.1. The number of rotatable bonds is 6. The number of thiazole rings is 1. The maximum Gasteiger partial charge on any atom is 0.406 e. The van der Waals surface area contributed by atoms with Crippen molar-refractivity contribution in [2.24, 2.45) is 5.41 Å². The van der Waals surface area contributed by atoms with E-state index in [1.54, 1.807) is 30.3 Å². The quantitative estimate of drug-likeness (QED) is 0.216. The van der Waals surface area contributed by atoms with Gasteiger partial charge >= 0.3 is 18.2 Å². The van der Waals surface area contributed by atoms with E-state index in [1.165, 1.54) is 20.9 Å². The fraction of sp³-hybridized carbons (Fsp3) is 0.604. The van der Waals surface area contributed by atoms with Gasteiger partial charge in [0.2, 0.25) is 0 Å². The van der Waals surface area contributed by atoms with Crippen molar-refractivity contribution in [3.05, 3.63) is 52.1 Å². The summed E-state index contributed by atoms with van der Waals surface area (Å²) in [5.41, 5.74) is 6.77. The van der Waals surface area contributed by atoms with Gasteiger partial charge in [-0.1, -0.05) is 19.9 Å². The number of nitrogens with one attached hydrogen (secondary N) is 2. The van der Waals surface area contributed by atoms with Gasteiger partial charge in [-0.2, -0.15) is 80.6 Å². The predicted molar refractivity (Wildman–Crippen MR) is 304 cm³/mol. The lowest BCUT2D eigenvalue weighted by Crippen LogP contribution is -2.62. The average Bonchev–Trinajstić information content (AvgIpc) is 3.90. The van der Waals surface area contributed by atoms with Crippen molar-refractivity contribution < 1.29 is 41.8 Å². The second kappa shape index (κ2) is 25.8. The lowest BCUT2D eigenvalue weighted by molar-refractivity contribution is -0.155. The SMILES string of the molecule is CO[C@@H](C)c1ncc(N2CCN3CCOC[C@@H]3C2)cc1-c1c2c3cc(ccc3n1CC(F)(F)F)-c1csc(n1)C[C@H](NC(=O)N1CCN(C)C[C@@H]1C)C(=O)N1CCC[C@H](N1)C(=O)OCC(C)(C)C2.S.S.S.S.S. The van der Waals surface area contributed by atoms with Crippen LogP contribution in [-0.2, 0) is 43.2 Å². The number of anilines is 1. The predicted octanol–water partition coefficient (Wildman–Crippen LogP) is 6.06. The first kappa shape index (κ1) is 62.4. The van der Waals surface area contributed by atoms with Gasteiger partial charge < -0.3 is 38.8 Å². The number of alkyl halides is 3. The third-order valence-corrected chi connectivity index (χ3v) is 15.0. The summed E-state index contributed by atoms with van der Waals surface area (Å²) in [7, 11) is 3.57. The fourth-order valence-electron chi connectivity index (χ4n) is 10.4. The van der Waals surface area contributed by atoms with E-state index in [2.05, 4.69) is 25.4 Å². The number of pyridine rings is 1. The van der Waals surface area contributed by atoms with Gasteiger partial charge in [0.25, 0.3) is 5.91 Å². The van der Waals surface area contributed by atoms with Crippen LogP contribution in [0.15, 0.2) is 35.8 Å². The monoisotopic (exact) mass is 1130 g/mol. The number of amides is 3. The first-order chi connectivity index (χ1) is 32.4. The van der Waals surface area contributed by atoms with Crippen molar-refractivity contribution in [1.29, 1.82) is 0 Å². The average molecular weight is 1140 g/mol. The molecule has 16 nitrogen and oxygen atoms in total. The molecule has 0 radical (unpaired) electrons. The largest absolute Gasteiger partial charge is 0.464 e. The van der Waals surface area contributed by atoms with Crippen molar-refractivity contribution in [1.82, 2.24) is 45.0 Å². The van der Waals surface area contributed by atoms with Crippen LogP contribution in [0, 0.1) is 5.41 Å². The van der Waals surface area contributed by atoms with E-state index in [4.69, 9.17) is 24.2 Å². The minimum absolute atomic E-state index is 0. The Hall–Kier alpha value is -3.11. The highest BCUT2D eigenvalue weighted by Crippen LogP contribution is 2.44. The summed E-state index contributed by atoms with van der Waals surface area (Å²) in [5, 5.41) is 7.47. The van der Waals surface area contributed by atoms with Crippen LogP contribution in [0.4, 0.5) is 23.7 Å². The number of cyclic esters (lactones) is 1. The fourth-order valence-corrected chi connectivity index (χ4v) is 11.3. The van der Waals surface area contributed by atoms with Crippen LogP contribution in [0.1, 0.15) is 62.9 Å². The summed E-state index contributed by atoms with van der Waals surface area (Å²) in [6.07, 6.45) is -2.15. The Morgan fingerprint density at radius 2 is 1.81 bits per heavy atom. The standard InChI is InChI=1S/C48H63F3N10O6S.5H2S/c1-29-23-56(5)12-15-59(29)46(64)54-38-20-41-53-39(26-68-41)31-9-10-40-34(18-31)36(21-47(3,4)28-67-45(63)37-8-7-11-61(55-37)44(38)62)43(60(40)27-48(49,50)51)35-19-32(22-52-42(35)30(2)65-6)58-14-13-57-16-17-66-25-33(57)24-58;;;;;/h9-10,18-19,22,26,29-30,33,37-38,55H,7-8,11-17,20-21,23-25,27-28H2,1-6H3,(H,54,64);5*1H2/t29-,30-,33-,37-,38-;;;;;/m0...../s1. The Bertz CT molecular complexity index is 2540. The van der Waals surface area contributed by atoms with Gasteiger partial charge in [0.1, 0.15) is 18.6 Å². The van der Waals surface area contributed by atoms with Crippen LogP contribution in [0.5, 0.6) is 0 Å².